The van der Waals surface area contributed by atoms with E-state index < -0.39 is 11.7 Å². The summed E-state index contributed by atoms with van der Waals surface area (Å²) in [7, 11) is 0. The molecule has 77 heavy (non-hydrogen) atoms. The van der Waals surface area contributed by atoms with E-state index in [4.69, 9.17) is 39.9 Å². The van der Waals surface area contributed by atoms with Crippen LogP contribution in [0.25, 0.3) is 112 Å². The first-order valence-electron chi connectivity index (χ1n) is 24.6. The van der Waals surface area contributed by atoms with Gasteiger partial charge in [-0.2, -0.15) is 18.4 Å². The van der Waals surface area contributed by atoms with Crippen molar-refractivity contribution >= 4 is 43.6 Å². The first kappa shape index (κ1) is 48.2. The number of nitriles is 1. The number of hydrogen-bond donors (Lipinski definition) is 0. The van der Waals surface area contributed by atoms with Gasteiger partial charge in [-0.15, -0.1) is 0 Å². The minimum absolute atomic E-state index is 0.300. The van der Waals surface area contributed by atoms with Crippen molar-refractivity contribution < 1.29 is 13.2 Å². The Morgan fingerprint density at radius 1 is 0.377 bits per heavy atom. The van der Waals surface area contributed by atoms with Gasteiger partial charge in [0.1, 0.15) is 46.6 Å². The molecule has 18 heteroatoms. The van der Waals surface area contributed by atoms with Crippen LogP contribution >= 0.6 is 0 Å². The molecule has 0 amide bonds. The van der Waals surface area contributed by atoms with Gasteiger partial charge in [-0.05, 0) is 171 Å². The lowest BCUT2D eigenvalue weighted by molar-refractivity contribution is -0.137. The Kier molecular flexibility index (Phi) is 11.3. The molecular weight excluding hydrogens is 976 g/mol. The largest absolute Gasteiger partial charge is 0.416 e. The van der Waals surface area contributed by atoms with Crippen molar-refractivity contribution in [3.8, 4) is 74.1 Å². The van der Waals surface area contributed by atoms with Crippen LogP contribution < -0.4 is 0 Å². The molecule has 0 aliphatic heterocycles. The first-order valence-corrected chi connectivity index (χ1v) is 24.6. The van der Waals surface area contributed by atoms with Gasteiger partial charge in [0, 0.05) is 49.4 Å². The second kappa shape index (κ2) is 18.0. The Morgan fingerprint density at radius 3 is 0.935 bits per heavy atom. The number of halogens is 3. The van der Waals surface area contributed by atoms with E-state index in [1.807, 2.05) is 128 Å². The van der Waals surface area contributed by atoms with Gasteiger partial charge in [-0.3, -0.25) is 0 Å². The van der Waals surface area contributed by atoms with Crippen LogP contribution in [0.1, 0.15) is 63.3 Å². The molecule has 0 aliphatic carbocycles. The van der Waals surface area contributed by atoms with E-state index >= 15 is 0 Å². The zero-order valence-corrected chi connectivity index (χ0v) is 43.2. The summed E-state index contributed by atoms with van der Waals surface area (Å²) in [6.07, 6.45) is -4.61. The Hall–Kier alpha value is -9.76. The minimum Gasteiger partial charge on any atom is -0.308 e. The predicted octanol–water partition coefficient (Wildman–Crippen LogP) is 12.6. The highest BCUT2D eigenvalue weighted by atomic mass is 19.4. The number of aromatic nitrogens is 14. The molecule has 6 aromatic heterocycles. The van der Waals surface area contributed by atoms with Crippen molar-refractivity contribution in [3.63, 3.8) is 0 Å². The van der Waals surface area contributed by atoms with Crippen LogP contribution in [0.4, 0.5) is 13.2 Å². The monoisotopic (exact) mass is 1020 g/mol. The molecule has 0 spiro atoms. The number of rotatable bonds is 7. The molecule has 15 nitrogen and oxygen atoms in total. The SMILES string of the molecule is Cc1nc(C)nc(-c2ccc3c(c2)c2cc(-c4nc(C)nc(C)n4)ccc2n3-c2cc(C#N)cc(-n3c4ccc(-c5nc(C)nc(C)n5)cc4c4cc(-c5nc(C)nc(C)n5)ccc43)c2-c2ccc(C(F)(F)F)cc2C)n1. The Morgan fingerprint density at radius 2 is 0.675 bits per heavy atom. The number of fused-ring (bicyclic) bond motifs is 6. The molecule has 6 aromatic carbocycles. The quantitative estimate of drug-likeness (QED) is 0.147. The molecule has 0 N–H and O–H groups in total. The molecule has 12 rings (SSSR count). The molecule has 0 unspecified atom stereocenters. The third kappa shape index (κ3) is 8.51. The zero-order chi connectivity index (χ0) is 53.8. The lowest BCUT2D eigenvalue weighted by atomic mass is 9.93. The van der Waals surface area contributed by atoms with E-state index in [2.05, 4.69) is 35.1 Å². The van der Waals surface area contributed by atoms with Crippen LogP contribution in [0.5, 0.6) is 0 Å². The first-order chi connectivity index (χ1) is 36.9. The third-order valence-corrected chi connectivity index (χ3v) is 13.5. The second-order valence-electron chi connectivity index (χ2n) is 19.1. The van der Waals surface area contributed by atoms with E-state index in [9.17, 15) is 18.4 Å². The number of hydrogen-bond acceptors (Lipinski definition) is 13. The summed E-state index contributed by atoms with van der Waals surface area (Å²) < 4.78 is 48.0. The highest BCUT2D eigenvalue weighted by molar-refractivity contribution is 6.14. The molecular formula is C59H44F3N15. The lowest BCUT2D eigenvalue weighted by Gasteiger charge is -2.22. The fraction of sp³-hybridized carbons (Fsp3) is 0.169. The predicted molar refractivity (Wildman–Crippen MR) is 288 cm³/mol. The topological polar surface area (TPSA) is 188 Å². The van der Waals surface area contributed by atoms with E-state index in [0.717, 1.165) is 71.9 Å². The molecule has 0 bridgehead atoms. The average molecular weight is 1020 g/mol. The van der Waals surface area contributed by atoms with Crippen molar-refractivity contribution in [2.75, 3.05) is 0 Å². The molecule has 12 aromatic rings. The summed E-state index contributed by atoms with van der Waals surface area (Å²) >= 11 is 0. The maximum absolute atomic E-state index is 14.6. The maximum atomic E-state index is 14.6. The third-order valence-electron chi connectivity index (χ3n) is 13.5. The van der Waals surface area contributed by atoms with E-state index in [1.165, 1.54) is 12.1 Å². The fourth-order valence-electron chi connectivity index (χ4n) is 10.5. The van der Waals surface area contributed by atoms with Gasteiger partial charge in [-0.1, -0.05) is 6.07 Å². The second-order valence-corrected chi connectivity index (χ2v) is 19.1. The van der Waals surface area contributed by atoms with Gasteiger partial charge in [0.2, 0.25) is 0 Å². The lowest BCUT2D eigenvalue weighted by Crippen LogP contribution is -2.08. The van der Waals surface area contributed by atoms with Crippen LogP contribution in [0.3, 0.4) is 0 Å². The fourth-order valence-corrected chi connectivity index (χ4v) is 10.5. The van der Waals surface area contributed by atoms with Crippen LogP contribution in [-0.2, 0) is 6.18 Å². The summed E-state index contributed by atoms with van der Waals surface area (Å²) in [5.74, 6) is 6.52. The van der Waals surface area contributed by atoms with Gasteiger partial charge in [0.15, 0.2) is 23.3 Å². The normalized spacial score (nSPS) is 11.9. The molecule has 0 aliphatic rings. The van der Waals surface area contributed by atoms with Gasteiger partial charge in [0.05, 0.1) is 50.6 Å². The van der Waals surface area contributed by atoms with Crippen LogP contribution in [-0.4, -0.2) is 68.9 Å². The van der Waals surface area contributed by atoms with E-state index in [-0.39, 0.29) is 0 Å². The standard InChI is InChI=1S/C59H44F3N15/c1-28-20-42(59(60,61)62)14-15-43(28)54-52(76-48-16-10-38(55-68-29(2)64-30(3)69-55)23-44(48)45-24-39(11-17-49(45)76)56-70-31(4)65-32(5)71-56)21-37(27-63)22-53(54)77-50-18-12-40(57-72-33(6)66-34(7)73-57)25-46(50)47-26-41(13-19-51(47)77)58-74-35(8)67-36(9)75-58/h10-26H,1-9H3. The zero-order valence-electron chi connectivity index (χ0n) is 43.2. The van der Waals surface area contributed by atoms with Crippen molar-refractivity contribution in [2.24, 2.45) is 0 Å². The van der Waals surface area contributed by atoms with Crippen LogP contribution in [0.2, 0.25) is 0 Å². The maximum Gasteiger partial charge on any atom is 0.416 e. The van der Waals surface area contributed by atoms with Crippen molar-refractivity contribution in [1.29, 1.82) is 5.26 Å². The smallest absolute Gasteiger partial charge is 0.308 e. The van der Waals surface area contributed by atoms with Crippen LogP contribution in [0, 0.1) is 73.6 Å². The Bertz CT molecular complexity index is 3990. The van der Waals surface area contributed by atoms with Crippen molar-refractivity contribution in [1.82, 2.24) is 68.9 Å². The summed E-state index contributed by atoms with van der Waals surface area (Å²) in [5.41, 5.74) is 7.93. The van der Waals surface area contributed by atoms with Crippen molar-refractivity contribution in [2.45, 2.75) is 68.5 Å². The van der Waals surface area contributed by atoms with Crippen LogP contribution in [0.15, 0.2) is 103 Å². The van der Waals surface area contributed by atoms with Gasteiger partial charge in [-0.25, -0.2) is 59.8 Å². The number of alkyl halides is 3. The summed E-state index contributed by atoms with van der Waals surface area (Å²) in [4.78, 5) is 55.3. The molecule has 0 saturated carbocycles. The van der Waals surface area contributed by atoms with E-state index in [0.29, 0.717) is 104 Å². The Balaban J connectivity index is 1.22. The molecule has 0 saturated heterocycles. The summed E-state index contributed by atoms with van der Waals surface area (Å²) in [5, 5.41) is 14.4. The average Bonchev–Trinajstić information content (AvgIpc) is 4.09. The molecule has 0 atom stereocenters. The van der Waals surface area contributed by atoms with Gasteiger partial charge >= 0.3 is 6.18 Å². The van der Waals surface area contributed by atoms with Gasteiger partial charge in [0.25, 0.3) is 0 Å². The number of nitrogens with zero attached hydrogens (tertiary/aromatic N) is 15. The number of benzene rings is 6. The summed E-state index contributed by atoms with van der Waals surface area (Å²) in [6, 6.07) is 33.7. The molecule has 0 fully saturated rings. The number of aryl methyl sites for hydroxylation is 9. The summed E-state index contributed by atoms with van der Waals surface area (Å²) in [6.45, 7) is 16.2. The van der Waals surface area contributed by atoms with E-state index in [1.54, 1.807) is 19.1 Å². The van der Waals surface area contributed by atoms with Crippen molar-refractivity contribution in [3.05, 3.63) is 166 Å². The highest BCUT2D eigenvalue weighted by Crippen LogP contribution is 2.46. The minimum atomic E-state index is -4.61. The molecule has 0 radical (unpaired) electrons. The Labute approximate surface area is 438 Å². The van der Waals surface area contributed by atoms with Gasteiger partial charge < -0.3 is 9.13 Å². The molecule has 6 heterocycles. The molecule has 376 valence electrons. The highest BCUT2D eigenvalue weighted by Gasteiger charge is 2.32.